The molecule has 2 aromatic rings. The summed E-state index contributed by atoms with van der Waals surface area (Å²) in [6, 6.07) is 12.3. The van der Waals surface area contributed by atoms with Crippen LogP contribution in [-0.4, -0.2) is 36.0 Å². The highest BCUT2D eigenvalue weighted by atomic mass is 16.5. The predicted molar refractivity (Wildman–Crippen MR) is 112 cm³/mol. The molecular formula is C23H23N3O4. The van der Waals surface area contributed by atoms with Gasteiger partial charge in [0.25, 0.3) is 0 Å². The van der Waals surface area contributed by atoms with Gasteiger partial charge < -0.3 is 15.4 Å². The molecule has 4 rings (SSSR count). The first-order valence-corrected chi connectivity index (χ1v) is 9.76. The van der Waals surface area contributed by atoms with Crippen LogP contribution in [-0.2, 0) is 14.3 Å². The van der Waals surface area contributed by atoms with Crippen LogP contribution in [0.4, 0.5) is 10.5 Å². The standard InChI is InChI=1S/C23H23N3O4/c1-13-7-9-16(10-8-13)21-19-17(12-30-22(19)28)26(23(29)25-21)11-18(27)24-20-14(2)5-4-6-15(20)3/h4-10,21H,11-12H2,1-3H3,(H,24,27)(H,25,29). The summed E-state index contributed by atoms with van der Waals surface area (Å²) < 4.78 is 5.21. The molecule has 2 aliphatic rings. The highest BCUT2D eigenvalue weighted by Crippen LogP contribution is 2.35. The summed E-state index contributed by atoms with van der Waals surface area (Å²) in [6.45, 7) is 5.55. The number of hydrogen-bond donors (Lipinski definition) is 2. The van der Waals surface area contributed by atoms with Gasteiger partial charge in [0.05, 0.1) is 17.3 Å². The van der Waals surface area contributed by atoms with E-state index in [1.54, 1.807) is 0 Å². The Hall–Kier alpha value is -3.61. The normalized spacial score (nSPS) is 18.1. The number of hydrogen-bond acceptors (Lipinski definition) is 4. The smallest absolute Gasteiger partial charge is 0.338 e. The number of amides is 3. The molecule has 0 radical (unpaired) electrons. The van der Waals surface area contributed by atoms with Crippen molar-refractivity contribution in [2.75, 3.05) is 18.5 Å². The number of para-hydroxylation sites is 1. The number of esters is 1. The lowest BCUT2D eigenvalue weighted by Gasteiger charge is -2.32. The van der Waals surface area contributed by atoms with Crippen molar-refractivity contribution in [2.24, 2.45) is 0 Å². The van der Waals surface area contributed by atoms with E-state index in [2.05, 4.69) is 10.6 Å². The summed E-state index contributed by atoms with van der Waals surface area (Å²) in [5.41, 5.74) is 5.28. The zero-order valence-electron chi connectivity index (χ0n) is 17.1. The Morgan fingerprint density at radius 1 is 1.10 bits per heavy atom. The number of carbonyl (C=O) groups is 3. The SMILES string of the molecule is Cc1ccc(C2NC(=O)N(CC(=O)Nc3c(C)cccc3C)C3=C2C(=O)OC3)cc1. The summed E-state index contributed by atoms with van der Waals surface area (Å²) in [4.78, 5) is 39.3. The van der Waals surface area contributed by atoms with E-state index in [1.165, 1.54) is 4.90 Å². The fourth-order valence-electron chi connectivity index (χ4n) is 3.82. The third-order valence-corrected chi connectivity index (χ3v) is 5.46. The second-order valence-corrected chi connectivity index (χ2v) is 7.63. The van der Waals surface area contributed by atoms with Crippen molar-refractivity contribution in [3.05, 3.63) is 76.0 Å². The van der Waals surface area contributed by atoms with Gasteiger partial charge in [-0.25, -0.2) is 9.59 Å². The average Bonchev–Trinajstić information content (AvgIpc) is 3.09. The lowest BCUT2D eigenvalue weighted by atomic mass is 9.95. The van der Waals surface area contributed by atoms with E-state index < -0.39 is 18.0 Å². The lowest BCUT2D eigenvalue weighted by molar-refractivity contribution is -0.136. The van der Waals surface area contributed by atoms with Crippen LogP contribution in [0.15, 0.2) is 53.7 Å². The minimum atomic E-state index is -0.596. The number of benzene rings is 2. The molecule has 1 unspecified atom stereocenters. The summed E-state index contributed by atoms with van der Waals surface area (Å²) in [5.74, 6) is -0.821. The van der Waals surface area contributed by atoms with Gasteiger partial charge in [-0.2, -0.15) is 0 Å². The molecule has 2 aromatic carbocycles. The van der Waals surface area contributed by atoms with E-state index in [0.717, 1.165) is 27.9 Å². The minimum absolute atomic E-state index is 0.0272. The Kier molecular flexibility index (Phi) is 5.03. The fraction of sp³-hybridized carbons (Fsp3) is 0.261. The molecule has 0 spiro atoms. The minimum Gasteiger partial charge on any atom is -0.456 e. The van der Waals surface area contributed by atoms with Crippen LogP contribution in [0.3, 0.4) is 0 Å². The lowest BCUT2D eigenvalue weighted by Crippen LogP contribution is -2.49. The van der Waals surface area contributed by atoms with E-state index in [0.29, 0.717) is 11.3 Å². The zero-order valence-corrected chi connectivity index (χ0v) is 17.1. The zero-order chi connectivity index (χ0) is 21.4. The van der Waals surface area contributed by atoms with Gasteiger partial charge in [-0.15, -0.1) is 0 Å². The second kappa shape index (κ2) is 7.67. The Morgan fingerprint density at radius 2 is 1.77 bits per heavy atom. The van der Waals surface area contributed by atoms with Gasteiger partial charge >= 0.3 is 12.0 Å². The Balaban J connectivity index is 1.60. The summed E-state index contributed by atoms with van der Waals surface area (Å²) >= 11 is 0. The number of cyclic esters (lactones) is 1. The molecule has 3 amide bonds. The van der Waals surface area contributed by atoms with Crippen LogP contribution in [0.1, 0.15) is 28.3 Å². The molecule has 154 valence electrons. The van der Waals surface area contributed by atoms with E-state index in [-0.39, 0.29) is 19.1 Å². The Bertz CT molecular complexity index is 1050. The Morgan fingerprint density at radius 3 is 2.43 bits per heavy atom. The van der Waals surface area contributed by atoms with E-state index in [1.807, 2.05) is 63.2 Å². The monoisotopic (exact) mass is 405 g/mol. The third kappa shape index (κ3) is 3.54. The topological polar surface area (TPSA) is 87.7 Å². The number of rotatable bonds is 4. The van der Waals surface area contributed by atoms with Crippen molar-refractivity contribution < 1.29 is 19.1 Å². The molecule has 2 heterocycles. The molecule has 0 aromatic heterocycles. The number of nitrogens with zero attached hydrogens (tertiary/aromatic N) is 1. The quantitative estimate of drug-likeness (QED) is 0.765. The summed E-state index contributed by atoms with van der Waals surface area (Å²) in [5, 5.41) is 5.72. The molecule has 7 heteroatoms. The van der Waals surface area contributed by atoms with Crippen LogP contribution >= 0.6 is 0 Å². The van der Waals surface area contributed by atoms with Crippen LogP contribution < -0.4 is 10.6 Å². The van der Waals surface area contributed by atoms with Crippen molar-refractivity contribution in [1.82, 2.24) is 10.2 Å². The summed E-state index contributed by atoms with van der Waals surface area (Å²) in [7, 11) is 0. The van der Waals surface area contributed by atoms with Crippen LogP contribution in [0.5, 0.6) is 0 Å². The number of urea groups is 1. The average molecular weight is 405 g/mol. The predicted octanol–water partition coefficient (Wildman–Crippen LogP) is 3.13. The van der Waals surface area contributed by atoms with Gasteiger partial charge in [-0.05, 0) is 37.5 Å². The first-order valence-electron chi connectivity index (χ1n) is 9.76. The van der Waals surface area contributed by atoms with Gasteiger partial charge in [0.2, 0.25) is 5.91 Å². The molecule has 2 aliphatic heterocycles. The summed E-state index contributed by atoms with van der Waals surface area (Å²) in [6.07, 6.45) is 0. The van der Waals surface area contributed by atoms with Crippen molar-refractivity contribution >= 4 is 23.6 Å². The number of aryl methyl sites for hydroxylation is 3. The van der Waals surface area contributed by atoms with Crippen LogP contribution in [0.2, 0.25) is 0 Å². The number of ether oxygens (including phenoxy) is 1. The molecule has 0 fully saturated rings. The maximum Gasteiger partial charge on any atom is 0.338 e. The maximum atomic E-state index is 12.8. The first-order chi connectivity index (χ1) is 14.3. The van der Waals surface area contributed by atoms with Crippen molar-refractivity contribution in [3.8, 4) is 0 Å². The van der Waals surface area contributed by atoms with Gasteiger partial charge in [0, 0.05) is 5.69 Å². The van der Waals surface area contributed by atoms with Crippen LogP contribution in [0.25, 0.3) is 0 Å². The molecule has 0 bridgehead atoms. The van der Waals surface area contributed by atoms with Gasteiger partial charge in [0.1, 0.15) is 13.2 Å². The molecule has 30 heavy (non-hydrogen) atoms. The van der Waals surface area contributed by atoms with E-state index >= 15 is 0 Å². The van der Waals surface area contributed by atoms with Gasteiger partial charge in [-0.3, -0.25) is 9.69 Å². The highest BCUT2D eigenvalue weighted by Gasteiger charge is 2.42. The molecule has 0 saturated carbocycles. The van der Waals surface area contributed by atoms with Crippen molar-refractivity contribution in [2.45, 2.75) is 26.8 Å². The van der Waals surface area contributed by atoms with E-state index in [9.17, 15) is 14.4 Å². The maximum absolute atomic E-state index is 12.8. The van der Waals surface area contributed by atoms with Crippen molar-refractivity contribution in [3.63, 3.8) is 0 Å². The Labute approximate surface area is 174 Å². The highest BCUT2D eigenvalue weighted by molar-refractivity contribution is 6.00. The molecule has 2 N–H and O–H groups in total. The number of carbonyl (C=O) groups excluding carboxylic acids is 3. The second-order valence-electron chi connectivity index (χ2n) is 7.63. The van der Waals surface area contributed by atoms with Gasteiger partial charge in [0.15, 0.2) is 0 Å². The molecule has 0 aliphatic carbocycles. The largest absolute Gasteiger partial charge is 0.456 e. The number of anilines is 1. The molecule has 0 saturated heterocycles. The third-order valence-electron chi connectivity index (χ3n) is 5.46. The van der Waals surface area contributed by atoms with Crippen molar-refractivity contribution in [1.29, 1.82) is 0 Å². The molecule has 1 atom stereocenters. The molecular weight excluding hydrogens is 382 g/mol. The number of nitrogens with one attached hydrogen (secondary N) is 2. The van der Waals surface area contributed by atoms with Gasteiger partial charge in [-0.1, -0.05) is 48.0 Å². The fourth-order valence-corrected chi connectivity index (χ4v) is 3.82. The molecule has 7 nitrogen and oxygen atoms in total. The van der Waals surface area contributed by atoms with Crippen LogP contribution in [0, 0.1) is 20.8 Å². The first kappa shape index (κ1) is 19.7. The van der Waals surface area contributed by atoms with E-state index in [4.69, 9.17) is 4.74 Å².